The summed E-state index contributed by atoms with van der Waals surface area (Å²) in [6.45, 7) is 4.10. The molecule has 0 fully saturated rings. The number of carbonyl (C=O) groups excluding carboxylic acids is 1. The van der Waals surface area contributed by atoms with Gasteiger partial charge in [0.2, 0.25) is 0 Å². The summed E-state index contributed by atoms with van der Waals surface area (Å²) < 4.78 is 11.4. The molecule has 0 bridgehead atoms. The van der Waals surface area contributed by atoms with Crippen LogP contribution in [0.4, 0.5) is 4.53 Å². The van der Waals surface area contributed by atoms with E-state index in [2.05, 4.69) is 11.9 Å². The van der Waals surface area contributed by atoms with E-state index in [4.69, 9.17) is 0 Å². The molecular formula is C9H17FO2. The molecule has 0 aromatic carbocycles. The van der Waals surface area contributed by atoms with E-state index in [0.717, 1.165) is 25.7 Å². The molecule has 0 amide bonds. The summed E-state index contributed by atoms with van der Waals surface area (Å²) in [5, 5.41) is 0. The highest BCUT2D eigenvalue weighted by Gasteiger charge is 2.12. The maximum absolute atomic E-state index is 11.4. The van der Waals surface area contributed by atoms with Gasteiger partial charge in [-0.25, -0.2) is 4.79 Å². The average Bonchev–Trinajstić information content (AvgIpc) is 2.11. The zero-order valence-electron chi connectivity index (χ0n) is 7.81. The third-order valence-corrected chi connectivity index (χ3v) is 2.08. The second-order valence-electron chi connectivity index (χ2n) is 3.07. The van der Waals surface area contributed by atoms with Crippen LogP contribution in [-0.2, 0) is 9.74 Å². The Morgan fingerprint density at radius 2 is 2.17 bits per heavy atom. The molecule has 1 unspecified atom stereocenters. The SMILES string of the molecule is CCCCC(CC)CC(=O)OF. The van der Waals surface area contributed by atoms with Crippen LogP contribution in [0.15, 0.2) is 0 Å². The highest BCUT2D eigenvalue weighted by molar-refractivity contribution is 5.68. The third-order valence-electron chi connectivity index (χ3n) is 2.08. The Hall–Kier alpha value is -0.600. The molecule has 0 saturated carbocycles. The van der Waals surface area contributed by atoms with Gasteiger partial charge in [-0.1, -0.05) is 33.1 Å². The molecule has 0 heterocycles. The molecule has 0 aliphatic heterocycles. The first kappa shape index (κ1) is 11.4. The van der Waals surface area contributed by atoms with Gasteiger partial charge in [0.15, 0.2) is 0 Å². The van der Waals surface area contributed by atoms with E-state index in [1.54, 1.807) is 0 Å². The normalized spacial score (nSPS) is 12.6. The van der Waals surface area contributed by atoms with E-state index in [-0.39, 0.29) is 12.3 Å². The minimum Gasteiger partial charge on any atom is -0.255 e. The number of hydrogen-bond acceptors (Lipinski definition) is 2. The van der Waals surface area contributed by atoms with Gasteiger partial charge in [-0.05, 0) is 12.3 Å². The van der Waals surface area contributed by atoms with Crippen LogP contribution >= 0.6 is 0 Å². The van der Waals surface area contributed by atoms with Gasteiger partial charge in [0.25, 0.3) is 0 Å². The molecule has 0 aromatic heterocycles. The zero-order chi connectivity index (χ0) is 9.40. The van der Waals surface area contributed by atoms with Crippen molar-refractivity contribution in [2.45, 2.75) is 46.0 Å². The molecule has 0 aliphatic carbocycles. The van der Waals surface area contributed by atoms with Gasteiger partial charge in [-0.3, -0.25) is 4.94 Å². The first-order valence-corrected chi connectivity index (χ1v) is 4.56. The van der Waals surface area contributed by atoms with Crippen molar-refractivity contribution >= 4 is 5.97 Å². The van der Waals surface area contributed by atoms with Crippen molar-refractivity contribution in [3.63, 3.8) is 0 Å². The maximum atomic E-state index is 11.4. The lowest BCUT2D eigenvalue weighted by molar-refractivity contribution is -0.184. The second kappa shape index (κ2) is 7.07. The number of unbranched alkanes of at least 4 members (excludes halogenated alkanes) is 1. The standard InChI is InChI=1S/C9H17FO2/c1-3-5-6-8(4-2)7-9(11)12-10/h8H,3-7H2,1-2H3. The Balaban J connectivity index is 3.59. The van der Waals surface area contributed by atoms with Crippen LogP contribution in [-0.4, -0.2) is 5.97 Å². The summed E-state index contributed by atoms with van der Waals surface area (Å²) in [6.07, 6.45) is 4.32. The molecular weight excluding hydrogens is 159 g/mol. The summed E-state index contributed by atoms with van der Waals surface area (Å²) >= 11 is 0. The van der Waals surface area contributed by atoms with Crippen molar-refractivity contribution < 1.29 is 14.3 Å². The highest BCUT2D eigenvalue weighted by atomic mass is 19.3. The van der Waals surface area contributed by atoms with Crippen molar-refractivity contribution in [1.82, 2.24) is 0 Å². The summed E-state index contributed by atoms with van der Waals surface area (Å²) in [5.41, 5.74) is 0. The summed E-state index contributed by atoms with van der Waals surface area (Å²) in [6, 6.07) is 0. The van der Waals surface area contributed by atoms with Crippen LogP contribution in [0.5, 0.6) is 0 Å². The summed E-state index contributed by atoms with van der Waals surface area (Å²) in [5.74, 6) is -0.453. The lowest BCUT2D eigenvalue weighted by Crippen LogP contribution is -2.07. The van der Waals surface area contributed by atoms with E-state index in [0.29, 0.717) is 0 Å². The van der Waals surface area contributed by atoms with E-state index < -0.39 is 5.97 Å². The van der Waals surface area contributed by atoms with Gasteiger partial charge in [-0.15, -0.1) is 0 Å². The fraction of sp³-hybridized carbons (Fsp3) is 0.889. The molecule has 0 aliphatic rings. The number of carbonyl (C=O) groups is 1. The topological polar surface area (TPSA) is 26.3 Å². The smallest absolute Gasteiger partial charge is 0.255 e. The van der Waals surface area contributed by atoms with E-state index in [1.807, 2.05) is 6.92 Å². The second-order valence-corrected chi connectivity index (χ2v) is 3.07. The maximum Gasteiger partial charge on any atom is 0.349 e. The number of halogens is 1. The largest absolute Gasteiger partial charge is 0.349 e. The van der Waals surface area contributed by atoms with Gasteiger partial charge < -0.3 is 0 Å². The average molecular weight is 176 g/mol. The number of rotatable bonds is 6. The molecule has 0 spiro atoms. The first-order chi connectivity index (χ1) is 5.74. The Morgan fingerprint density at radius 3 is 2.58 bits per heavy atom. The van der Waals surface area contributed by atoms with Crippen LogP contribution in [0, 0.1) is 5.92 Å². The Bertz CT molecular complexity index is 126. The van der Waals surface area contributed by atoms with Crippen molar-refractivity contribution in [2.24, 2.45) is 5.92 Å². The predicted octanol–water partition coefficient (Wildman–Crippen LogP) is 3.02. The van der Waals surface area contributed by atoms with Crippen LogP contribution in [0.1, 0.15) is 46.0 Å². The van der Waals surface area contributed by atoms with Crippen LogP contribution in [0.2, 0.25) is 0 Å². The minimum absolute atomic E-state index is 0.215. The van der Waals surface area contributed by atoms with Crippen molar-refractivity contribution in [3.05, 3.63) is 0 Å². The quantitative estimate of drug-likeness (QED) is 0.621. The molecule has 72 valence electrons. The monoisotopic (exact) mass is 176 g/mol. The molecule has 0 rings (SSSR count). The predicted molar refractivity (Wildman–Crippen MR) is 45.1 cm³/mol. The Morgan fingerprint density at radius 1 is 1.50 bits per heavy atom. The molecule has 3 heteroatoms. The molecule has 1 atom stereocenters. The van der Waals surface area contributed by atoms with Crippen LogP contribution in [0.3, 0.4) is 0 Å². The van der Waals surface area contributed by atoms with Gasteiger partial charge in [0.1, 0.15) is 0 Å². The highest BCUT2D eigenvalue weighted by Crippen LogP contribution is 2.16. The lowest BCUT2D eigenvalue weighted by Gasteiger charge is -2.10. The van der Waals surface area contributed by atoms with Crippen molar-refractivity contribution in [2.75, 3.05) is 0 Å². The molecule has 12 heavy (non-hydrogen) atoms. The summed E-state index contributed by atoms with van der Waals surface area (Å²) in [7, 11) is 0. The fourth-order valence-electron chi connectivity index (χ4n) is 1.21. The van der Waals surface area contributed by atoms with Gasteiger partial charge >= 0.3 is 5.97 Å². The van der Waals surface area contributed by atoms with Crippen molar-refractivity contribution in [1.29, 1.82) is 0 Å². The zero-order valence-corrected chi connectivity index (χ0v) is 7.81. The van der Waals surface area contributed by atoms with E-state index >= 15 is 0 Å². The van der Waals surface area contributed by atoms with Crippen molar-refractivity contribution in [3.8, 4) is 0 Å². The molecule has 2 nitrogen and oxygen atoms in total. The van der Waals surface area contributed by atoms with E-state index in [1.165, 1.54) is 0 Å². The van der Waals surface area contributed by atoms with Crippen LogP contribution < -0.4 is 0 Å². The van der Waals surface area contributed by atoms with Gasteiger partial charge in [0, 0.05) is 4.53 Å². The Kier molecular flexibility index (Phi) is 6.72. The van der Waals surface area contributed by atoms with Gasteiger partial charge in [0.05, 0.1) is 6.42 Å². The molecule has 0 saturated heterocycles. The lowest BCUT2D eigenvalue weighted by atomic mass is 9.96. The van der Waals surface area contributed by atoms with E-state index in [9.17, 15) is 9.32 Å². The minimum atomic E-state index is -0.738. The number of hydrogen-bond donors (Lipinski definition) is 0. The first-order valence-electron chi connectivity index (χ1n) is 4.56. The molecule has 0 N–H and O–H groups in total. The third kappa shape index (κ3) is 5.10. The van der Waals surface area contributed by atoms with Crippen LogP contribution in [0.25, 0.3) is 0 Å². The summed E-state index contributed by atoms with van der Waals surface area (Å²) in [4.78, 5) is 13.7. The molecule has 0 radical (unpaired) electrons. The molecule has 0 aromatic rings. The van der Waals surface area contributed by atoms with Gasteiger partial charge in [-0.2, -0.15) is 0 Å². The fourth-order valence-corrected chi connectivity index (χ4v) is 1.21. The Labute approximate surface area is 73.0 Å².